The Kier molecular flexibility index (Phi) is 3.22. The van der Waals surface area contributed by atoms with E-state index in [1.807, 2.05) is 32.3 Å². The topological polar surface area (TPSA) is 23.5 Å². The average molecular weight is 271 g/mol. The second-order valence-electron chi connectivity index (χ2n) is 5.63. The molecule has 0 spiro atoms. The van der Waals surface area contributed by atoms with Crippen molar-refractivity contribution in [1.82, 2.24) is 4.90 Å². The number of likely N-dealkylation sites (N-methyl/N-ethyl adjacent to an activating group) is 1. The Balaban J connectivity index is 2.13. The van der Waals surface area contributed by atoms with E-state index < -0.39 is 5.82 Å². The number of rotatable bonds is 2. The van der Waals surface area contributed by atoms with Gasteiger partial charge in [-0.05, 0) is 49.3 Å². The number of halogens is 1. The van der Waals surface area contributed by atoms with Crippen molar-refractivity contribution in [2.45, 2.75) is 18.4 Å². The van der Waals surface area contributed by atoms with Gasteiger partial charge in [-0.1, -0.05) is 30.3 Å². The molecular weight excluding hydrogens is 253 g/mol. The van der Waals surface area contributed by atoms with E-state index in [0.29, 0.717) is 0 Å². The van der Waals surface area contributed by atoms with Crippen LogP contribution in [0.15, 0.2) is 42.5 Å². The van der Waals surface area contributed by atoms with Gasteiger partial charge < -0.3 is 10.0 Å². The monoisotopic (exact) mass is 271 g/mol. The van der Waals surface area contributed by atoms with Gasteiger partial charge in [0.1, 0.15) is 0 Å². The Bertz CT molecular complexity index is 624. The predicted octanol–water partition coefficient (Wildman–Crippen LogP) is 3.15. The minimum Gasteiger partial charge on any atom is -0.505 e. The van der Waals surface area contributed by atoms with Crippen LogP contribution in [0, 0.1) is 5.82 Å². The van der Waals surface area contributed by atoms with Gasteiger partial charge in [0.05, 0.1) is 0 Å². The van der Waals surface area contributed by atoms with Crippen LogP contribution in [-0.2, 0) is 6.42 Å². The van der Waals surface area contributed by atoms with Crippen LogP contribution in [0.25, 0.3) is 0 Å². The quantitative estimate of drug-likeness (QED) is 0.907. The summed E-state index contributed by atoms with van der Waals surface area (Å²) >= 11 is 0. The number of nitrogens with zero attached hydrogens (tertiary/aromatic N) is 1. The van der Waals surface area contributed by atoms with Gasteiger partial charge in [0.15, 0.2) is 11.6 Å². The maximum Gasteiger partial charge on any atom is 0.165 e. The highest BCUT2D eigenvalue weighted by molar-refractivity contribution is 5.48. The minimum absolute atomic E-state index is 0.149. The summed E-state index contributed by atoms with van der Waals surface area (Å²) < 4.78 is 13.7. The molecule has 0 heterocycles. The molecule has 0 aliphatic heterocycles. The van der Waals surface area contributed by atoms with Crippen LogP contribution in [-0.4, -0.2) is 30.1 Å². The Morgan fingerprint density at radius 2 is 1.85 bits per heavy atom. The molecule has 2 aromatic carbocycles. The van der Waals surface area contributed by atoms with Crippen LogP contribution in [0.5, 0.6) is 5.75 Å². The summed E-state index contributed by atoms with van der Waals surface area (Å²) in [6.07, 6.45) is 0.829. The van der Waals surface area contributed by atoms with Crippen LogP contribution >= 0.6 is 0 Å². The highest BCUT2D eigenvalue weighted by atomic mass is 19.1. The van der Waals surface area contributed by atoms with Crippen molar-refractivity contribution in [2.75, 3.05) is 14.1 Å². The maximum absolute atomic E-state index is 13.7. The van der Waals surface area contributed by atoms with Crippen LogP contribution in [0.3, 0.4) is 0 Å². The van der Waals surface area contributed by atoms with Crippen molar-refractivity contribution in [3.63, 3.8) is 0 Å². The van der Waals surface area contributed by atoms with Crippen molar-refractivity contribution in [3.05, 3.63) is 65.0 Å². The average Bonchev–Trinajstić information content (AvgIpc) is 2.79. The van der Waals surface area contributed by atoms with Crippen LogP contribution in [0.4, 0.5) is 4.39 Å². The van der Waals surface area contributed by atoms with E-state index in [9.17, 15) is 9.50 Å². The molecule has 2 atom stereocenters. The minimum atomic E-state index is -0.538. The van der Waals surface area contributed by atoms with Gasteiger partial charge in [0.2, 0.25) is 0 Å². The zero-order chi connectivity index (χ0) is 14.3. The lowest BCUT2D eigenvalue weighted by Gasteiger charge is -2.27. The van der Waals surface area contributed by atoms with Gasteiger partial charge in [0, 0.05) is 12.0 Å². The van der Waals surface area contributed by atoms with E-state index in [0.717, 1.165) is 17.5 Å². The van der Waals surface area contributed by atoms with Gasteiger partial charge >= 0.3 is 0 Å². The Labute approximate surface area is 118 Å². The van der Waals surface area contributed by atoms with E-state index in [4.69, 9.17) is 0 Å². The molecule has 1 aliphatic carbocycles. The normalized spacial score (nSPS) is 21.2. The molecule has 0 saturated heterocycles. The third kappa shape index (κ3) is 2.08. The third-order valence-corrected chi connectivity index (χ3v) is 4.18. The zero-order valence-electron chi connectivity index (χ0n) is 11.7. The molecule has 0 aromatic heterocycles. The van der Waals surface area contributed by atoms with Crippen LogP contribution in [0.2, 0.25) is 0 Å². The fourth-order valence-electron chi connectivity index (χ4n) is 3.18. The van der Waals surface area contributed by atoms with Crippen molar-refractivity contribution >= 4 is 0 Å². The number of phenols is 1. The first-order chi connectivity index (χ1) is 9.58. The predicted molar refractivity (Wildman–Crippen MR) is 77.5 cm³/mol. The molecule has 2 aromatic rings. The molecule has 0 saturated carbocycles. The number of fused-ring (bicyclic) bond motifs is 1. The number of aromatic hydroxyl groups is 1. The van der Waals surface area contributed by atoms with Gasteiger partial charge in [-0.2, -0.15) is 0 Å². The second-order valence-corrected chi connectivity index (χ2v) is 5.63. The Morgan fingerprint density at radius 1 is 1.15 bits per heavy atom. The van der Waals surface area contributed by atoms with Gasteiger partial charge in [-0.25, -0.2) is 4.39 Å². The molecule has 2 nitrogen and oxygen atoms in total. The van der Waals surface area contributed by atoms with Crippen molar-refractivity contribution in [3.8, 4) is 5.75 Å². The molecule has 3 rings (SSSR count). The summed E-state index contributed by atoms with van der Waals surface area (Å²) in [5.41, 5.74) is 3.22. The second kappa shape index (κ2) is 4.91. The molecular formula is C17H18FNO. The molecule has 0 amide bonds. The molecule has 0 bridgehead atoms. The summed E-state index contributed by atoms with van der Waals surface area (Å²) in [6.45, 7) is 0. The van der Waals surface area contributed by atoms with Crippen molar-refractivity contribution in [1.29, 1.82) is 0 Å². The molecule has 3 heteroatoms. The summed E-state index contributed by atoms with van der Waals surface area (Å²) in [6, 6.07) is 13.5. The SMILES string of the molecule is CN(C)[C@@H]1Cc2cc(O)c(F)cc2[C@H]1c1ccccc1. The molecule has 1 aliphatic rings. The molecule has 1 N–H and O–H groups in total. The Hall–Kier alpha value is -1.87. The molecule has 0 unspecified atom stereocenters. The summed E-state index contributed by atoms with van der Waals surface area (Å²) in [5.74, 6) is -0.643. The molecule has 0 fully saturated rings. The van der Waals surface area contributed by atoms with Gasteiger partial charge in [-0.15, -0.1) is 0 Å². The number of hydrogen-bond donors (Lipinski definition) is 1. The summed E-state index contributed by atoms with van der Waals surface area (Å²) in [7, 11) is 4.09. The van der Waals surface area contributed by atoms with Crippen LogP contribution in [0.1, 0.15) is 22.6 Å². The lowest BCUT2D eigenvalue weighted by atomic mass is 9.89. The third-order valence-electron chi connectivity index (χ3n) is 4.18. The van der Waals surface area contributed by atoms with Crippen molar-refractivity contribution in [2.24, 2.45) is 0 Å². The lowest BCUT2D eigenvalue weighted by molar-refractivity contribution is 0.283. The first-order valence-electron chi connectivity index (χ1n) is 6.80. The van der Waals surface area contributed by atoms with E-state index in [-0.39, 0.29) is 17.7 Å². The standard InChI is InChI=1S/C17H18FNO/c1-19(2)15-8-12-9-16(20)14(18)10-13(12)17(15)11-6-4-3-5-7-11/h3-7,9-10,15,17,20H,8H2,1-2H3/t15-,17-/m1/s1. The first-order valence-corrected chi connectivity index (χ1v) is 6.80. The van der Waals surface area contributed by atoms with Gasteiger partial charge in [0.25, 0.3) is 0 Å². The fraction of sp³-hybridized carbons (Fsp3) is 0.294. The van der Waals surface area contributed by atoms with Crippen molar-refractivity contribution < 1.29 is 9.50 Å². The first kappa shape index (κ1) is 13.1. The van der Waals surface area contributed by atoms with E-state index in [1.54, 1.807) is 6.07 Å². The van der Waals surface area contributed by atoms with E-state index >= 15 is 0 Å². The fourth-order valence-corrected chi connectivity index (χ4v) is 3.18. The smallest absolute Gasteiger partial charge is 0.165 e. The van der Waals surface area contributed by atoms with Gasteiger partial charge in [-0.3, -0.25) is 0 Å². The Morgan fingerprint density at radius 3 is 2.50 bits per heavy atom. The zero-order valence-corrected chi connectivity index (χ0v) is 11.7. The highest BCUT2D eigenvalue weighted by Gasteiger charge is 2.35. The van der Waals surface area contributed by atoms with E-state index in [1.165, 1.54) is 11.6 Å². The number of benzene rings is 2. The maximum atomic E-state index is 13.7. The lowest BCUT2D eigenvalue weighted by Crippen LogP contribution is -2.32. The van der Waals surface area contributed by atoms with E-state index in [2.05, 4.69) is 17.0 Å². The highest BCUT2D eigenvalue weighted by Crippen LogP contribution is 2.42. The van der Waals surface area contributed by atoms with Crippen LogP contribution < -0.4 is 0 Å². The largest absolute Gasteiger partial charge is 0.505 e. The summed E-state index contributed by atoms with van der Waals surface area (Å²) in [4.78, 5) is 2.17. The molecule has 0 radical (unpaired) electrons. The molecule has 104 valence electrons. The number of phenolic OH excluding ortho intramolecular Hbond substituents is 1. The number of hydrogen-bond acceptors (Lipinski definition) is 2. The molecule has 20 heavy (non-hydrogen) atoms. The summed E-state index contributed by atoms with van der Waals surface area (Å²) in [5, 5.41) is 9.58.